The molecule has 2 aliphatic heterocycles. The van der Waals surface area contributed by atoms with Gasteiger partial charge in [-0.05, 0) is 37.8 Å². The van der Waals surface area contributed by atoms with Gasteiger partial charge in [0.2, 0.25) is 15.9 Å². The molecule has 1 aromatic carbocycles. The maximum atomic E-state index is 13.4. The van der Waals surface area contributed by atoms with Crippen LogP contribution >= 0.6 is 0 Å². The fraction of sp³-hybridized carbons (Fsp3) is 0.650. The summed E-state index contributed by atoms with van der Waals surface area (Å²) >= 11 is 0. The zero-order valence-electron chi connectivity index (χ0n) is 16.8. The van der Waals surface area contributed by atoms with Crippen LogP contribution in [0.3, 0.4) is 0 Å². The van der Waals surface area contributed by atoms with Crippen LogP contribution in [0.5, 0.6) is 0 Å². The lowest BCUT2D eigenvalue weighted by Crippen LogP contribution is -2.59. The molecule has 9 heteroatoms. The highest BCUT2D eigenvalue weighted by Gasteiger charge is 2.48. The van der Waals surface area contributed by atoms with Crippen molar-refractivity contribution in [2.75, 3.05) is 0 Å². The van der Waals surface area contributed by atoms with E-state index in [9.17, 15) is 26.4 Å². The van der Waals surface area contributed by atoms with Crippen molar-refractivity contribution in [3.63, 3.8) is 0 Å². The Balaban J connectivity index is 1.90. The number of nitrogens with one attached hydrogen (secondary N) is 1. The van der Waals surface area contributed by atoms with E-state index in [1.807, 2.05) is 0 Å². The topological polar surface area (TPSA) is 66.5 Å². The van der Waals surface area contributed by atoms with Gasteiger partial charge in [-0.1, -0.05) is 39.3 Å². The summed E-state index contributed by atoms with van der Waals surface area (Å²) < 4.78 is 68.1. The van der Waals surface area contributed by atoms with Crippen molar-refractivity contribution in [1.29, 1.82) is 0 Å². The minimum absolute atomic E-state index is 0.112. The molecular weight excluding hydrogens is 405 g/mol. The first-order chi connectivity index (χ1) is 13.3. The van der Waals surface area contributed by atoms with Crippen LogP contribution in [-0.2, 0) is 21.0 Å². The van der Waals surface area contributed by atoms with Gasteiger partial charge in [-0.25, -0.2) is 8.42 Å². The predicted octanol–water partition coefficient (Wildman–Crippen LogP) is 3.94. The molecule has 5 nitrogen and oxygen atoms in total. The molecule has 162 valence electrons. The Kier molecular flexibility index (Phi) is 5.77. The third kappa shape index (κ3) is 4.45. The van der Waals surface area contributed by atoms with Crippen LogP contribution in [0.15, 0.2) is 29.2 Å². The lowest BCUT2D eigenvalue weighted by Gasteiger charge is -2.48. The minimum atomic E-state index is -4.75. The third-order valence-electron chi connectivity index (χ3n) is 5.67. The summed E-state index contributed by atoms with van der Waals surface area (Å²) in [6.45, 7) is 5.41. The van der Waals surface area contributed by atoms with Crippen LogP contribution in [-0.4, -0.2) is 36.8 Å². The van der Waals surface area contributed by atoms with Crippen molar-refractivity contribution in [1.82, 2.24) is 9.62 Å². The number of benzene rings is 1. The molecule has 1 N–H and O–H groups in total. The van der Waals surface area contributed by atoms with Crippen LogP contribution < -0.4 is 5.32 Å². The molecule has 0 radical (unpaired) electrons. The molecule has 0 spiro atoms. The molecular formula is C20H27F3N2O3S. The van der Waals surface area contributed by atoms with E-state index >= 15 is 0 Å². The van der Waals surface area contributed by atoms with Gasteiger partial charge in [-0.15, -0.1) is 0 Å². The highest BCUT2D eigenvalue weighted by molar-refractivity contribution is 7.89. The monoisotopic (exact) mass is 432 g/mol. The van der Waals surface area contributed by atoms with Gasteiger partial charge >= 0.3 is 6.18 Å². The van der Waals surface area contributed by atoms with Crippen LogP contribution in [0, 0.1) is 5.41 Å². The number of nitrogens with zero attached hydrogens (tertiary/aromatic N) is 1. The van der Waals surface area contributed by atoms with Gasteiger partial charge in [0.25, 0.3) is 0 Å². The van der Waals surface area contributed by atoms with Gasteiger partial charge in [0, 0.05) is 23.5 Å². The molecule has 0 aromatic heterocycles. The first kappa shape index (κ1) is 22.1. The number of fused-ring (bicyclic) bond motifs is 2. The van der Waals surface area contributed by atoms with Gasteiger partial charge in [0.15, 0.2) is 0 Å². The van der Waals surface area contributed by atoms with Gasteiger partial charge < -0.3 is 5.32 Å². The molecule has 0 saturated carbocycles. The summed E-state index contributed by atoms with van der Waals surface area (Å²) in [5, 5.41) is 2.99. The first-order valence-electron chi connectivity index (χ1n) is 9.82. The van der Waals surface area contributed by atoms with Crippen molar-refractivity contribution in [2.24, 2.45) is 5.41 Å². The van der Waals surface area contributed by atoms with Crippen molar-refractivity contribution in [3.05, 3.63) is 29.8 Å². The quantitative estimate of drug-likeness (QED) is 0.787. The largest absolute Gasteiger partial charge is 0.417 e. The molecule has 2 bridgehead atoms. The third-order valence-corrected chi connectivity index (χ3v) is 7.74. The minimum Gasteiger partial charge on any atom is -0.353 e. The number of amides is 1. The Morgan fingerprint density at radius 1 is 1.07 bits per heavy atom. The number of rotatable bonds is 3. The molecule has 1 amide bonds. The van der Waals surface area contributed by atoms with E-state index in [2.05, 4.69) is 5.32 Å². The number of hydrogen-bond acceptors (Lipinski definition) is 3. The van der Waals surface area contributed by atoms with E-state index in [0.717, 1.165) is 18.6 Å². The number of hydrogen-bond donors (Lipinski definition) is 1. The maximum Gasteiger partial charge on any atom is 0.417 e. The second kappa shape index (κ2) is 7.58. The number of piperidine rings is 2. The van der Waals surface area contributed by atoms with E-state index in [1.165, 1.54) is 16.4 Å². The van der Waals surface area contributed by atoms with Gasteiger partial charge in [0.05, 0.1) is 10.5 Å². The van der Waals surface area contributed by atoms with Crippen LogP contribution in [0.1, 0.15) is 58.4 Å². The van der Waals surface area contributed by atoms with E-state index in [0.29, 0.717) is 25.7 Å². The number of sulfonamides is 1. The van der Waals surface area contributed by atoms with E-state index < -0.39 is 44.2 Å². The fourth-order valence-corrected chi connectivity index (χ4v) is 6.40. The van der Waals surface area contributed by atoms with E-state index in [4.69, 9.17) is 0 Å². The first-order valence-corrected chi connectivity index (χ1v) is 11.3. The number of halogens is 3. The molecule has 2 unspecified atom stereocenters. The molecule has 1 aromatic rings. The standard InChI is InChI=1S/C20H27F3N2O3S/c1-19(2,3)18(26)24-13-11-14-7-6-8-15(12-13)25(14)29(27,28)17-10-5-4-9-16(17)20(21,22)23/h4-5,9-10,13-15H,6-8,11-12H2,1-3H3,(H,24,26). The smallest absolute Gasteiger partial charge is 0.353 e. The van der Waals surface area contributed by atoms with E-state index in [-0.39, 0.29) is 11.9 Å². The van der Waals surface area contributed by atoms with Crippen LogP contribution in [0.2, 0.25) is 0 Å². The average molecular weight is 433 g/mol. The molecule has 2 aliphatic rings. The molecule has 0 aliphatic carbocycles. The SMILES string of the molecule is CC(C)(C)C(=O)NC1CC2CCCC(C1)N2S(=O)(=O)c1ccccc1C(F)(F)F. The van der Waals surface area contributed by atoms with Gasteiger partial charge in [-0.3, -0.25) is 4.79 Å². The molecule has 2 saturated heterocycles. The van der Waals surface area contributed by atoms with Crippen molar-refractivity contribution >= 4 is 15.9 Å². The molecule has 2 heterocycles. The molecule has 2 fully saturated rings. The summed E-state index contributed by atoms with van der Waals surface area (Å²) in [5.41, 5.74) is -1.70. The Morgan fingerprint density at radius 2 is 1.62 bits per heavy atom. The lowest BCUT2D eigenvalue weighted by atomic mass is 9.83. The number of alkyl halides is 3. The second-order valence-corrected chi connectivity index (χ2v) is 10.8. The average Bonchev–Trinajstić information content (AvgIpc) is 2.59. The normalized spacial score (nSPS) is 26.2. The summed E-state index contributed by atoms with van der Waals surface area (Å²) in [6, 6.07) is 3.32. The number of carbonyl (C=O) groups excluding carboxylic acids is 1. The summed E-state index contributed by atoms with van der Waals surface area (Å²) in [6.07, 6.45) is -1.96. The Bertz CT molecular complexity index is 864. The maximum absolute atomic E-state index is 13.4. The Labute approximate surface area is 169 Å². The summed E-state index contributed by atoms with van der Waals surface area (Å²) in [5.74, 6) is -0.112. The highest BCUT2D eigenvalue weighted by atomic mass is 32.2. The Hall–Kier alpha value is -1.61. The van der Waals surface area contributed by atoms with E-state index in [1.54, 1.807) is 20.8 Å². The molecule has 3 rings (SSSR count). The fourth-order valence-electron chi connectivity index (χ4n) is 4.29. The summed E-state index contributed by atoms with van der Waals surface area (Å²) in [4.78, 5) is 11.6. The van der Waals surface area contributed by atoms with Crippen molar-refractivity contribution < 1.29 is 26.4 Å². The van der Waals surface area contributed by atoms with Crippen molar-refractivity contribution in [3.8, 4) is 0 Å². The lowest BCUT2D eigenvalue weighted by molar-refractivity contribution is -0.140. The van der Waals surface area contributed by atoms with Gasteiger partial charge in [-0.2, -0.15) is 17.5 Å². The van der Waals surface area contributed by atoms with Crippen LogP contribution in [0.4, 0.5) is 13.2 Å². The Morgan fingerprint density at radius 3 is 2.14 bits per heavy atom. The van der Waals surface area contributed by atoms with Crippen molar-refractivity contribution in [2.45, 2.75) is 82.1 Å². The highest BCUT2D eigenvalue weighted by Crippen LogP contribution is 2.41. The zero-order chi connectivity index (χ0) is 21.6. The second-order valence-electron chi connectivity index (χ2n) is 8.96. The molecule has 2 atom stereocenters. The van der Waals surface area contributed by atoms with Gasteiger partial charge in [0.1, 0.15) is 0 Å². The predicted molar refractivity (Wildman–Crippen MR) is 103 cm³/mol. The van der Waals surface area contributed by atoms with Crippen LogP contribution in [0.25, 0.3) is 0 Å². The summed E-state index contributed by atoms with van der Waals surface area (Å²) in [7, 11) is -4.31. The molecule has 29 heavy (non-hydrogen) atoms. The zero-order valence-corrected chi connectivity index (χ0v) is 17.6. The number of carbonyl (C=O) groups is 1.